The van der Waals surface area contributed by atoms with Crippen LogP contribution in [0.2, 0.25) is 5.02 Å². The molecule has 0 aliphatic rings. The Hall–Kier alpha value is -3.10. The van der Waals surface area contributed by atoms with Gasteiger partial charge >= 0.3 is 0 Å². The van der Waals surface area contributed by atoms with Gasteiger partial charge in [-0.05, 0) is 42.0 Å². The fraction of sp³-hybridized carbons (Fsp3) is 0. The van der Waals surface area contributed by atoms with Gasteiger partial charge in [0.15, 0.2) is 5.82 Å². The molecule has 3 rings (SSSR count). The van der Waals surface area contributed by atoms with Crippen LogP contribution in [0.5, 0.6) is 5.75 Å². The summed E-state index contributed by atoms with van der Waals surface area (Å²) in [4.78, 5) is 19.0. The highest BCUT2D eigenvalue weighted by molar-refractivity contribution is 6.31. The number of phenols is 1. The van der Waals surface area contributed by atoms with E-state index < -0.39 is 0 Å². The van der Waals surface area contributed by atoms with Crippen LogP contribution >= 0.6 is 11.6 Å². The number of aromatic hydroxyl groups is 1. The molecular weight excluding hydrogens is 314 g/mol. The van der Waals surface area contributed by atoms with E-state index in [9.17, 15) is 15.2 Å². The normalized spacial score (nSPS) is 11.4. The zero-order valence-corrected chi connectivity index (χ0v) is 12.5. The number of allylic oxidation sites excluding steroid dienone is 1. The predicted molar refractivity (Wildman–Crippen MR) is 89.0 cm³/mol. The first-order valence-corrected chi connectivity index (χ1v) is 7.05. The van der Waals surface area contributed by atoms with Crippen LogP contribution in [-0.2, 0) is 0 Å². The topological polar surface area (TPSA) is 89.8 Å². The molecule has 0 radical (unpaired) electrons. The lowest BCUT2D eigenvalue weighted by atomic mass is 10.1. The Morgan fingerprint density at radius 1 is 1.30 bits per heavy atom. The zero-order valence-electron chi connectivity index (χ0n) is 11.7. The Morgan fingerprint density at radius 3 is 2.87 bits per heavy atom. The van der Waals surface area contributed by atoms with Gasteiger partial charge in [-0.25, -0.2) is 4.98 Å². The number of halogens is 1. The molecule has 0 bridgehead atoms. The molecule has 0 saturated carbocycles. The third-order valence-electron chi connectivity index (χ3n) is 3.23. The molecule has 2 N–H and O–H groups in total. The van der Waals surface area contributed by atoms with Gasteiger partial charge in [0.05, 0.1) is 16.5 Å². The molecule has 5 nitrogen and oxygen atoms in total. The van der Waals surface area contributed by atoms with Crippen LogP contribution in [0.3, 0.4) is 0 Å². The highest BCUT2D eigenvalue weighted by Gasteiger charge is 2.09. The number of benzene rings is 2. The lowest BCUT2D eigenvalue weighted by molar-refractivity contribution is 0.475. The summed E-state index contributed by atoms with van der Waals surface area (Å²) in [6.45, 7) is 0. The second kappa shape index (κ2) is 5.95. The summed E-state index contributed by atoms with van der Waals surface area (Å²) in [6, 6.07) is 13.2. The van der Waals surface area contributed by atoms with Crippen molar-refractivity contribution in [2.45, 2.75) is 0 Å². The van der Waals surface area contributed by atoms with Crippen LogP contribution in [-0.4, -0.2) is 15.1 Å². The fourth-order valence-electron chi connectivity index (χ4n) is 2.17. The molecule has 3 aromatic rings. The van der Waals surface area contributed by atoms with Gasteiger partial charge in [0.25, 0.3) is 5.56 Å². The van der Waals surface area contributed by atoms with Crippen LogP contribution in [0, 0.1) is 11.3 Å². The van der Waals surface area contributed by atoms with Crippen molar-refractivity contribution in [1.29, 1.82) is 5.26 Å². The monoisotopic (exact) mass is 323 g/mol. The molecule has 0 amide bonds. The lowest BCUT2D eigenvalue weighted by Gasteiger charge is -2.03. The summed E-state index contributed by atoms with van der Waals surface area (Å²) in [6.07, 6.45) is 1.54. The molecular formula is C17H10ClN3O2. The third kappa shape index (κ3) is 3.07. The van der Waals surface area contributed by atoms with Crippen molar-refractivity contribution in [2.75, 3.05) is 0 Å². The van der Waals surface area contributed by atoms with E-state index in [1.807, 2.05) is 6.07 Å². The van der Waals surface area contributed by atoms with Gasteiger partial charge in [0.1, 0.15) is 11.8 Å². The van der Waals surface area contributed by atoms with E-state index in [0.717, 1.165) is 0 Å². The molecule has 23 heavy (non-hydrogen) atoms. The fourth-order valence-corrected chi connectivity index (χ4v) is 2.34. The van der Waals surface area contributed by atoms with Crippen LogP contribution in [0.4, 0.5) is 0 Å². The van der Waals surface area contributed by atoms with Crippen molar-refractivity contribution in [3.8, 4) is 11.8 Å². The highest BCUT2D eigenvalue weighted by atomic mass is 35.5. The minimum absolute atomic E-state index is 0.0859. The van der Waals surface area contributed by atoms with Gasteiger partial charge in [-0.2, -0.15) is 5.26 Å². The maximum atomic E-state index is 12.1. The van der Waals surface area contributed by atoms with Crippen molar-refractivity contribution in [1.82, 2.24) is 9.97 Å². The van der Waals surface area contributed by atoms with Gasteiger partial charge < -0.3 is 10.1 Å². The quantitative estimate of drug-likeness (QED) is 0.708. The average Bonchev–Trinajstić information content (AvgIpc) is 2.52. The molecule has 0 aliphatic carbocycles. The number of H-pyrrole nitrogens is 1. The van der Waals surface area contributed by atoms with Crippen molar-refractivity contribution in [2.24, 2.45) is 0 Å². The summed E-state index contributed by atoms with van der Waals surface area (Å²) >= 11 is 5.92. The number of hydrogen-bond donors (Lipinski definition) is 2. The first-order chi connectivity index (χ1) is 11.1. The number of nitrogens with zero attached hydrogens (tertiary/aromatic N) is 2. The second-order valence-corrected chi connectivity index (χ2v) is 5.28. The van der Waals surface area contributed by atoms with Crippen molar-refractivity contribution in [3.63, 3.8) is 0 Å². The molecule has 0 spiro atoms. The minimum Gasteiger partial charge on any atom is -0.508 e. The Balaban J connectivity index is 2.17. The van der Waals surface area contributed by atoms with E-state index in [4.69, 9.17) is 11.6 Å². The first kappa shape index (κ1) is 14.8. The Labute approximate surface area is 136 Å². The summed E-state index contributed by atoms with van der Waals surface area (Å²) in [7, 11) is 0. The van der Waals surface area contributed by atoms with Gasteiger partial charge in [-0.3, -0.25) is 4.79 Å². The van der Waals surface area contributed by atoms with Crippen molar-refractivity contribution >= 4 is 34.2 Å². The number of phenolic OH excluding ortho intramolecular Hbond substituents is 1. The van der Waals surface area contributed by atoms with Crippen LogP contribution in [0.1, 0.15) is 11.4 Å². The highest BCUT2D eigenvalue weighted by Crippen LogP contribution is 2.20. The summed E-state index contributed by atoms with van der Waals surface area (Å²) in [5.74, 6) is 0.235. The number of fused-ring (bicyclic) bond motifs is 1. The number of aromatic amines is 1. The first-order valence-electron chi connectivity index (χ1n) is 6.67. The number of hydrogen-bond acceptors (Lipinski definition) is 4. The molecule has 6 heteroatoms. The summed E-state index contributed by atoms with van der Waals surface area (Å²) < 4.78 is 0. The van der Waals surface area contributed by atoms with Crippen LogP contribution in [0.15, 0.2) is 47.3 Å². The SMILES string of the molecule is N#C/C(=C/c1cccc(O)c1)c1nc2cc(Cl)ccc2c(=O)[nH]1. The van der Waals surface area contributed by atoms with Gasteiger partial charge in [-0.1, -0.05) is 23.7 Å². The Morgan fingerprint density at radius 2 is 2.13 bits per heavy atom. The molecule has 112 valence electrons. The van der Waals surface area contributed by atoms with E-state index in [-0.39, 0.29) is 22.7 Å². The average molecular weight is 324 g/mol. The molecule has 0 unspecified atom stereocenters. The Bertz CT molecular complexity index is 1030. The summed E-state index contributed by atoms with van der Waals surface area (Å²) in [5, 5.41) is 19.7. The van der Waals surface area contributed by atoms with E-state index in [1.54, 1.807) is 30.3 Å². The number of nitriles is 1. The van der Waals surface area contributed by atoms with E-state index in [1.165, 1.54) is 18.2 Å². The second-order valence-electron chi connectivity index (χ2n) is 4.84. The van der Waals surface area contributed by atoms with E-state index >= 15 is 0 Å². The molecule has 0 aliphatic heterocycles. The number of rotatable bonds is 2. The van der Waals surface area contributed by atoms with Crippen LogP contribution in [0.25, 0.3) is 22.6 Å². The maximum Gasteiger partial charge on any atom is 0.259 e. The lowest BCUT2D eigenvalue weighted by Crippen LogP contribution is -2.11. The van der Waals surface area contributed by atoms with Gasteiger partial charge in [0, 0.05) is 5.02 Å². The number of aromatic nitrogens is 2. The Kier molecular flexibility index (Phi) is 3.83. The molecule has 2 aromatic carbocycles. The van der Waals surface area contributed by atoms with Crippen molar-refractivity contribution < 1.29 is 5.11 Å². The number of nitrogens with one attached hydrogen (secondary N) is 1. The third-order valence-corrected chi connectivity index (χ3v) is 3.46. The maximum absolute atomic E-state index is 12.1. The standard InChI is InChI=1S/C17H10ClN3O2/c18-12-4-5-14-15(8-12)20-16(21-17(14)23)11(9-19)6-10-2-1-3-13(22)7-10/h1-8,22H,(H,20,21,23)/b11-6-. The van der Waals surface area contributed by atoms with Crippen molar-refractivity contribution in [3.05, 3.63) is 69.2 Å². The molecule has 0 saturated heterocycles. The van der Waals surface area contributed by atoms with Crippen LogP contribution < -0.4 is 5.56 Å². The summed E-state index contributed by atoms with van der Waals surface area (Å²) in [5.41, 5.74) is 0.858. The molecule has 0 atom stereocenters. The van der Waals surface area contributed by atoms with E-state index in [0.29, 0.717) is 21.5 Å². The molecule has 0 fully saturated rings. The predicted octanol–water partition coefficient (Wildman–Crippen LogP) is 3.35. The largest absolute Gasteiger partial charge is 0.508 e. The van der Waals surface area contributed by atoms with Gasteiger partial charge in [-0.15, -0.1) is 0 Å². The minimum atomic E-state index is -0.348. The molecule has 1 heterocycles. The van der Waals surface area contributed by atoms with Gasteiger partial charge in [0.2, 0.25) is 0 Å². The van der Waals surface area contributed by atoms with E-state index in [2.05, 4.69) is 9.97 Å². The smallest absolute Gasteiger partial charge is 0.259 e. The molecule has 1 aromatic heterocycles. The zero-order chi connectivity index (χ0) is 16.4.